The van der Waals surface area contributed by atoms with Gasteiger partial charge in [0.05, 0.1) is 12.5 Å². The molecule has 0 bridgehead atoms. The fourth-order valence-electron chi connectivity index (χ4n) is 2.64. The van der Waals surface area contributed by atoms with Crippen LogP contribution in [0, 0.1) is 17.2 Å². The summed E-state index contributed by atoms with van der Waals surface area (Å²) in [6.07, 6.45) is 1.90. The van der Waals surface area contributed by atoms with Gasteiger partial charge in [0, 0.05) is 18.1 Å². The summed E-state index contributed by atoms with van der Waals surface area (Å²) in [4.78, 5) is 2.47. The molecule has 1 aliphatic rings. The van der Waals surface area contributed by atoms with E-state index in [1.54, 1.807) is 0 Å². The van der Waals surface area contributed by atoms with Gasteiger partial charge in [-0.3, -0.25) is 4.90 Å². The molecule has 0 aromatic rings. The molecular formula is C11H20N2. The van der Waals surface area contributed by atoms with Crippen molar-refractivity contribution < 1.29 is 0 Å². The molecule has 0 N–H and O–H groups in total. The molecule has 0 aromatic heterocycles. The molecule has 0 aliphatic carbocycles. The molecule has 0 spiro atoms. The average molecular weight is 180 g/mol. The van der Waals surface area contributed by atoms with Gasteiger partial charge in [0.25, 0.3) is 0 Å². The lowest BCUT2D eigenvalue weighted by molar-refractivity contribution is 0.126. The predicted molar refractivity (Wildman–Crippen MR) is 54.3 cm³/mol. The fraction of sp³-hybridized carbons (Fsp3) is 0.909. The average Bonchev–Trinajstić information content (AvgIpc) is 2.24. The van der Waals surface area contributed by atoms with E-state index in [0.29, 0.717) is 12.5 Å². The Morgan fingerprint density at radius 3 is 2.62 bits per heavy atom. The van der Waals surface area contributed by atoms with Crippen LogP contribution in [0.25, 0.3) is 0 Å². The Labute approximate surface area is 81.5 Å². The number of likely N-dealkylation sites (tertiary alicyclic amines) is 1. The summed E-state index contributed by atoms with van der Waals surface area (Å²) in [6.45, 7) is 10.2. The SMILES string of the molecule is CC1CN(C(C)CC#N)C(C)(C)C1. The lowest BCUT2D eigenvalue weighted by atomic mass is 9.97. The highest BCUT2D eigenvalue weighted by molar-refractivity contribution is 4.95. The van der Waals surface area contributed by atoms with Crippen LogP contribution in [0.2, 0.25) is 0 Å². The predicted octanol–water partition coefficient (Wildman–Crippen LogP) is 2.41. The molecule has 0 amide bonds. The van der Waals surface area contributed by atoms with Crippen molar-refractivity contribution >= 4 is 0 Å². The quantitative estimate of drug-likeness (QED) is 0.652. The minimum atomic E-state index is 0.287. The van der Waals surface area contributed by atoms with E-state index in [1.165, 1.54) is 6.42 Å². The van der Waals surface area contributed by atoms with E-state index in [4.69, 9.17) is 5.26 Å². The Hall–Kier alpha value is -0.550. The first kappa shape index (κ1) is 10.5. The highest BCUT2D eigenvalue weighted by Crippen LogP contribution is 2.34. The van der Waals surface area contributed by atoms with Crippen LogP contribution in [-0.2, 0) is 0 Å². The first-order chi connectivity index (χ1) is 5.97. The molecule has 2 atom stereocenters. The van der Waals surface area contributed by atoms with Crippen LogP contribution in [0.5, 0.6) is 0 Å². The highest BCUT2D eigenvalue weighted by Gasteiger charge is 2.38. The number of nitrogens with zero attached hydrogens (tertiary/aromatic N) is 2. The van der Waals surface area contributed by atoms with Crippen LogP contribution in [0.4, 0.5) is 0 Å². The molecule has 2 heteroatoms. The van der Waals surface area contributed by atoms with Gasteiger partial charge in [-0.25, -0.2) is 0 Å². The summed E-state index contributed by atoms with van der Waals surface area (Å²) in [7, 11) is 0. The van der Waals surface area contributed by atoms with Gasteiger partial charge in [0.1, 0.15) is 0 Å². The van der Waals surface area contributed by atoms with Gasteiger partial charge in [-0.1, -0.05) is 6.92 Å². The van der Waals surface area contributed by atoms with E-state index < -0.39 is 0 Å². The van der Waals surface area contributed by atoms with E-state index in [0.717, 1.165) is 12.5 Å². The largest absolute Gasteiger partial charge is 0.294 e. The summed E-state index contributed by atoms with van der Waals surface area (Å²) in [5.74, 6) is 0.774. The molecule has 0 saturated carbocycles. The standard InChI is InChI=1S/C11H20N2/c1-9-7-11(3,4)13(8-9)10(2)5-6-12/h9-10H,5,7-8H2,1-4H3. The minimum Gasteiger partial charge on any atom is -0.294 e. The summed E-state index contributed by atoms with van der Waals surface area (Å²) in [5.41, 5.74) is 0.287. The molecule has 1 heterocycles. The first-order valence-electron chi connectivity index (χ1n) is 5.11. The third-order valence-corrected chi connectivity index (χ3v) is 3.05. The Kier molecular flexibility index (Phi) is 2.98. The lowest BCUT2D eigenvalue weighted by Crippen LogP contribution is -2.43. The maximum Gasteiger partial charge on any atom is 0.0638 e. The summed E-state index contributed by atoms with van der Waals surface area (Å²) >= 11 is 0. The van der Waals surface area contributed by atoms with E-state index in [1.807, 2.05) is 0 Å². The zero-order chi connectivity index (χ0) is 10.1. The molecule has 1 fully saturated rings. The summed E-state index contributed by atoms with van der Waals surface area (Å²) in [5, 5.41) is 8.66. The second-order valence-corrected chi connectivity index (χ2v) is 4.99. The normalized spacial score (nSPS) is 29.9. The Balaban J connectivity index is 2.64. The van der Waals surface area contributed by atoms with Crippen molar-refractivity contribution in [3.8, 4) is 6.07 Å². The maximum atomic E-state index is 8.66. The molecule has 2 nitrogen and oxygen atoms in total. The zero-order valence-electron chi connectivity index (χ0n) is 9.17. The van der Waals surface area contributed by atoms with E-state index in [2.05, 4.69) is 38.7 Å². The molecule has 13 heavy (non-hydrogen) atoms. The van der Waals surface area contributed by atoms with Crippen LogP contribution in [0.1, 0.15) is 40.5 Å². The molecule has 0 aromatic carbocycles. The molecule has 0 radical (unpaired) electrons. The zero-order valence-corrected chi connectivity index (χ0v) is 9.17. The van der Waals surface area contributed by atoms with Crippen molar-refractivity contribution in [3.05, 3.63) is 0 Å². The van der Waals surface area contributed by atoms with Gasteiger partial charge in [-0.15, -0.1) is 0 Å². The monoisotopic (exact) mass is 180 g/mol. The van der Waals surface area contributed by atoms with Crippen molar-refractivity contribution in [1.82, 2.24) is 4.90 Å². The Morgan fingerprint density at radius 1 is 1.62 bits per heavy atom. The topological polar surface area (TPSA) is 27.0 Å². The molecule has 1 aliphatic heterocycles. The van der Waals surface area contributed by atoms with Crippen molar-refractivity contribution in [2.75, 3.05) is 6.54 Å². The van der Waals surface area contributed by atoms with Gasteiger partial charge in [-0.05, 0) is 33.1 Å². The Bertz CT molecular complexity index is 215. The van der Waals surface area contributed by atoms with Crippen LogP contribution in [-0.4, -0.2) is 23.0 Å². The van der Waals surface area contributed by atoms with Gasteiger partial charge in [0.15, 0.2) is 0 Å². The van der Waals surface area contributed by atoms with Gasteiger partial charge < -0.3 is 0 Å². The molecular weight excluding hydrogens is 160 g/mol. The summed E-state index contributed by atoms with van der Waals surface area (Å²) in [6, 6.07) is 2.66. The third kappa shape index (κ3) is 2.22. The van der Waals surface area contributed by atoms with Crippen molar-refractivity contribution in [2.45, 2.75) is 52.1 Å². The maximum absolute atomic E-state index is 8.66. The van der Waals surface area contributed by atoms with Crippen molar-refractivity contribution in [2.24, 2.45) is 5.92 Å². The molecule has 1 rings (SSSR count). The van der Waals surface area contributed by atoms with Crippen LogP contribution in [0.15, 0.2) is 0 Å². The minimum absolute atomic E-state index is 0.287. The van der Waals surface area contributed by atoms with Gasteiger partial charge in [-0.2, -0.15) is 5.26 Å². The molecule has 2 unspecified atom stereocenters. The third-order valence-electron chi connectivity index (χ3n) is 3.05. The smallest absolute Gasteiger partial charge is 0.0638 e. The highest BCUT2D eigenvalue weighted by atomic mass is 15.2. The van der Waals surface area contributed by atoms with E-state index in [-0.39, 0.29) is 5.54 Å². The Morgan fingerprint density at radius 2 is 2.23 bits per heavy atom. The van der Waals surface area contributed by atoms with E-state index >= 15 is 0 Å². The van der Waals surface area contributed by atoms with Crippen molar-refractivity contribution in [3.63, 3.8) is 0 Å². The number of hydrogen-bond acceptors (Lipinski definition) is 2. The van der Waals surface area contributed by atoms with E-state index in [9.17, 15) is 0 Å². The number of rotatable bonds is 2. The second-order valence-electron chi connectivity index (χ2n) is 4.99. The van der Waals surface area contributed by atoms with Crippen molar-refractivity contribution in [1.29, 1.82) is 5.26 Å². The lowest BCUT2D eigenvalue weighted by Gasteiger charge is -2.35. The second kappa shape index (κ2) is 3.67. The van der Waals surface area contributed by atoms with Gasteiger partial charge >= 0.3 is 0 Å². The molecule has 74 valence electrons. The number of hydrogen-bond donors (Lipinski definition) is 0. The number of nitriles is 1. The van der Waals surface area contributed by atoms with Gasteiger partial charge in [0.2, 0.25) is 0 Å². The van der Waals surface area contributed by atoms with Crippen LogP contribution < -0.4 is 0 Å². The fourth-order valence-corrected chi connectivity index (χ4v) is 2.64. The summed E-state index contributed by atoms with van der Waals surface area (Å²) < 4.78 is 0. The first-order valence-corrected chi connectivity index (χ1v) is 5.11. The molecule has 1 saturated heterocycles. The van der Waals surface area contributed by atoms with Crippen LogP contribution in [0.3, 0.4) is 0 Å². The van der Waals surface area contributed by atoms with Crippen LogP contribution >= 0.6 is 0 Å².